The number of ether oxygens (including phenoxy) is 2. The molecule has 0 bridgehead atoms. The molecule has 1 atom stereocenters. The first kappa shape index (κ1) is 22.1. The minimum absolute atomic E-state index is 0.191. The first-order valence-corrected chi connectivity index (χ1v) is 11.3. The van der Waals surface area contributed by atoms with Crippen LogP contribution in [0, 0.1) is 0 Å². The normalized spacial score (nSPS) is 12.2. The zero-order valence-electron chi connectivity index (χ0n) is 18.2. The summed E-state index contributed by atoms with van der Waals surface area (Å²) in [6.07, 6.45) is 3.28. The Morgan fingerprint density at radius 3 is 2.47 bits per heavy atom. The number of pyridine rings is 2. The van der Waals surface area contributed by atoms with Crippen molar-refractivity contribution in [2.24, 2.45) is 0 Å². The van der Waals surface area contributed by atoms with Crippen LogP contribution in [0.2, 0.25) is 0 Å². The lowest BCUT2D eigenvalue weighted by Gasteiger charge is -2.14. The van der Waals surface area contributed by atoms with Gasteiger partial charge in [-0.25, -0.2) is 4.72 Å². The van der Waals surface area contributed by atoms with Gasteiger partial charge in [0.25, 0.3) is 0 Å². The second-order valence-corrected chi connectivity index (χ2v) is 8.12. The quantitative estimate of drug-likeness (QED) is 0.410. The van der Waals surface area contributed by atoms with Crippen molar-refractivity contribution < 1.29 is 18.2 Å². The third-order valence-electron chi connectivity index (χ3n) is 5.51. The van der Waals surface area contributed by atoms with Gasteiger partial charge in [-0.3, -0.25) is 14.2 Å². The molecule has 0 fully saturated rings. The fraction of sp³-hybridized carbons (Fsp3) is 0.250. The zero-order valence-corrected chi connectivity index (χ0v) is 19.0. The Hall–Kier alpha value is -3.07. The van der Waals surface area contributed by atoms with E-state index in [-0.39, 0.29) is 6.54 Å². The van der Waals surface area contributed by atoms with Gasteiger partial charge in [0.2, 0.25) is 0 Å². The highest BCUT2D eigenvalue weighted by Gasteiger charge is 2.14. The molecule has 1 N–H and O–H groups in total. The molecule has 4 rings (SSSR count). The average molecular weight is 451 g/mol. The molecule has 166 valence electrons. The number of hydrogen-bond donors (Lipinski definition) is 1. The lowest BCUT2D eigenvalue weighted by molar-refractivity contribution is 0.356. The first-order chi connectivity index (χ1) is 15.5. The van der Waals surface area contributed by atoms with Crippen molar-refractivity contribution in [1.29, 1.82) is 0 Å². The van der Waals surface area contributed by atoms with Gasteiger partial charge in [0.05, 0.1) is 19.7 Å². The predicted octanol–water partition coefficient (Wildman–Crippen LogP) is 3.84. The number of aromatic nitrogens is 2. The van der Waals surface area contributed by atoms with Crippen molar-refractivity contribution in [2.75, 3.05) is 14.2 Å². The number of benzene rings is 2. The molecule has 0 saturated carbocycles. The Morgan fingerprint density at radius 2 is 1.78 bits per heavy atom. The third kappa shape index (κ3) is 4.43. The first-order valence-electron chi connectivity index (χ1n) is 10.3. The number of methoxy groups -OCH3 is 2. The largest absolute Gasteiger partial charge is 0.760 e. The Balaban J connectivity index is 1.79. The SMILES string of the molecule is CCc1ncc(Cc2ccc3cccc(CNS(=O)[O-])c3n2)c2cc(OC)c(OC)cc12. The van der Waals surface area contributed by atoms with Crippen molar-refractivity contribution in [3.63, 3.8) is 0 Å². The summed E-state index contributed by atoms with van der Waals surface area (Å²) in [5, 5.41) is 3.04. The highest BCUT2D eigenvalue weighted by molar-refractivity contribution is 7.77. The summed E-state index contributed by atoms with van der Waals surface area (Å²) in [5.41, 5.74) is 4.50. The van der Waals surface area contributed by atoms with Crippen molar-refractivity contribution in [3.8, 4) is 11.5 Å². The molecular weight excluding hydrogens is 426 g/mol. The fourth-order valence-corrected chi connectivity index (χ4v) is 4.20. The van der Waals surface area contributed by atoms with E-state index in [1.165, 1.54) is 0 Å². The molecule has 1 unspecified atom stereocenters. The Kier molecular flexibility index (Phi) is 6.64. The maximum Gasteiger partial charge on any atom is 0.161 e. The Morgan fingerprint density at radius 1 is 1.03 bits per heavy atom. The summed E-state index contributed by atoms with van der Waals surface area (Å²) >= 11 is -2.33. The standard InChI is InChI=1S/C24H25N3O4S/c1-4-21-20-12-23(31-3)22(30-2)11-19(20)17(13-25-21)10-18-9-8-15-6-5-7-16(24(15)27-18)14-26-32(28)29/h5-9,11-13,26H,4,10,14H2,1-3H3,(H,28,29)/p-1. The van der Waals surface area contributed by atoms with E-state index in [4.69, 9.17) is 14.5 Å². The van der Waals surface area contributed by atoms with Gasteiger partial charge in [0.1, 0.15) is 0 Å². The molecular formula is C24H24N3O4S-. The Labute approximate surface area is 189 Å². The van der Waals surface area contributed by atoms with E-state index in [2.05, 4.69) is 16.6 Å². The monoisotopic (exact) mass is 450 g/mol. The van der Waals surface area contributed by atoms with E-state index in [1.54, 1.807) is 14.2 Å². The molecule has 0 amide bonds. The molecule has 0 aliphatic carbocycles. The van der Waals surface area contributed by atoms with Crippen LogP contribution in [0.4, 0.5) is 0 Å². The van der Waals surface area contributed by atoms with Gasteiger partial charge in [-0.15, -0.1) is 0 Å². The van der Waals surface area contributed by atoms with Gasteiger partial charge in [0, 0.05) is 52.6 Å². The van der Waals surface area contributed by atoms with Crippen molar-refractivity contribution in [2.45, 2.75) is 26.3 Å². The van der Waals surface area contributed by atoms with E-state index < -0.39 is 11.3 Å². The molecule has 0 radical (unpaired) electrons. The van der Waals surface area contributed by atoms with Gasteiger partial charge in [-0.2, -0.15) is 0 Å². The smallest absolute Gasteiger partial charge is 0.161 e. The predicted molar refractivity (Wildman–Crippen MR) is 125 cm³/mol. The van der Waals surface area contributed by atoms with Crippen LogP contribution in [-0.2, 0) is 30.7 Å². The van der Waals surface area contributed by atoms with Crippen LogP contribution < -0.4 is 14.2 Å². The van der Waals surface area contributed by atoms with Crippen LogP contribution in [0.1, 0.15) is 29.4 Å². The summed E-state index contributed by atoms with van der Waals surface area (Å²) in [7, 11) is 3.25. The van der Waals surface area contributed by atoms with E-state index in [9.17, 15) is 8.76 Å². The summed E-state index contributed by atoms with van der Waals surface area (Å²) < 4.78 is 35.3. The summed E-state index contributed by atoms with van der Waals surface area (Å²) in [6, 6.07) is 13.7. The minimum atomic E-state index is -2.33. The van der Waals surface area contributed by atoms with Gasteiger partial charge in [-0.1, -0.05) is 31.2 Å². The molecule has 8 heteroatoms. The van der Waals surface area contributed by atoms with Gasteiger partial charge >= 0.3 is 0 Å². The van der Waals surface area contributed by atoms with Crippen molar-refractivity contribution in [1.82, 2.24) is 14.7 Å². The maximum absolute atomic E-state index is 10.9. The van der Waals surface area contributed by atoms with E-state index in [0.29, 0.717) is 17.9 Å². The van der Waals surface area contributed by atoms with Crippen LogP contribution in [-0.4, -0.2) is 32.9 Å². The van der Waals surface area contributed by atoms with E-state index in [1.807, 2.05) is 48.7 Å². The maximum atomic E-state index is 10.9. The van der Waals surface area contributed by atoms with Crippen LogP contribution in [0.5, 0.6) is 11.5 Å². The number of fused-ring (bicyclic) bond motifs is 2. The number of nitrogens with one attached hydrogen (secondary N) is 1. The van der Waals surface area contributed by atoms with Crippen molar-refractivity contribution >= 4 is 32.9 Å². The molecule has 2 aromatic heterocycles. The van der Waals surface area contributed by atoms with Crippen LogP contribution in [0.15, 0.2) is 48.7 Å². The number of hydrogen-bond acceptors (Lipinski definition) is 6. The molecule has 0 saturated heterocycles. The summed E-state index contributed by atoms with van der Waals surface area (Å²) in [5.74, 6) is 1.34. The molecule has 7 nitrogen and oxygen atoms in total. The third-order valence-corrected chi connectivity index (χ3v) is 5.89. The number of para-hydroxylation sites is 1. The number of aryl methyl sites for hydroxylation is 1. The topological polar surface area (TPSA) is 96.4 Å². The molecule has 2 heterocycles. The highest BCUT2D eigenvalue weighted by atomic mass is 32.2. The van der Waals surface area contributed by atoms with E-state index >= 15 is 0 Å². The second kappa shape index (κ2) is 9.60. The number of nitrogens with zero attached hydrogens (tertiary/aromatic N) is 2. The van der Waals surface area contributed by atoms with Gasteiger partial charge < -0.3 is 14.0 Å². The molecule has 0 aliphatic rings. The zero-order chi connectivity index (χ0) is 22.7. The highest BCUT2D eigenvalue weighted by Crippen LogP contribution is 2.35. The lowest BCUT2D eigenvalue weighted by Crippen LogP contribution is -2.16. The molecule has 4 aromatic rings. The molecule has 0 aliphatic heterocycles. The average Bonchev–Trinajstić information content (AvgIpc) is 2.81. The summed E-state index contributed by atoms with van der Waals surface area (Å²) in [6.45, 7) is 2.27. The minimum Gasteiger partial charge on any atom is -0.760 e. The molecule has 2 aromatic carbocycles. The summed E-state index contributed by atoms with van der Waals surface area (Å²) in [4.78, 5) is 9.53. The van der Waals surface area contributed by atoms with Crippen LogP contribution >= 0.6 is 0 Å². The molecule has 0 spiro atoms. The fourth-order valence-electron chi connectivity index (χ4n) is 3.92. The second-order valence-electron chi connectivity index (χ2n) is 7.36. The number of rotatable bonds is 8. The van der Waals surface area contributed by atoms with E-state index in [0.717, 1.165) is 50.6 Å². The van der Waals surface area contributed by atoms with Crippen molar-refractivity contribution in [3.05, 3.63) is 71.2 Å². The van der Waals surface area contributed by atoms with Gasteiger partial charge in [0.15, 0.2) is 11.5 Å². The Bertz CT molecular complexity index is 1310. The van der Waals surface area contributed by atoms with Crippen LogP contribution in [0.3, 0.4) is 0 Å². The van der Waals surface area contributed by atoms with Crippen LogP contribution in [0.25, 0.3) is 21.7 Å². The van der Waals surface area contributed by atoms with Gasteiger partial charge in [-0.05, 0) is 41.1 Å². The molecule has 32 heavy (non-hydrogen) atoms. The lowest BCUT2D eigenvalue weighted by atomic mass is 9.99.